The first kappa shape index (κ1) is 8.02. The Kier molecular flexibility index (Phi) is 2.32. The van der Waals surface area contributed by atoms with Crippen molar-refractivity contribution in [2.45, 2.75) is 12.8 Å². The van der Waals surface area contributed by atoms with Gasteiger partial charge in [-0.3, -0.25) is 4.79 Å². The van der Waals surface area contributed by atoms with Gasteiger partial charge in [0.15, 0.2) is 0 Å². The van der Waals surface area contributed by atoms with Crippen molar-refractivity contribution in [1.82, 2.24) is 4.90 Å². The van der Waals surface area contributed by atoms with Gasteiger partial charge in [0.1, 0.15) is 5.78 Å². The lowest BCUT2D eigenvalue weighted by Crippen LogP contribution is -2.31. The highest BCUT2D eigenvalue weighted by Gasteiger charge is 2.32. The SMILES string of the molecule is Cl.O=C1CCN2CCC1C2. The molecular formula is C7H12ClNO. The third kappa shape index (κ3) is 1.18. The van der Waals surface area contributed by atoms with E-state index < -0.39 is 0 Å². The number of halogens is 1. The molecule has 58 valence electrons. The summed E-state index contributed by atoms with van der Waals surface area (Å²) < 4.78 is 0. The first-order valence-corrected chi connectivity index (χ1v) is 3.61. The van der Waals surface area contributed by atoms with E-state index in [9.17, 15) is 4.79 Å². The number of piperidine rings is 1. The van der Waals surface area contributed by atoms with Crippen LogP contribution in [0.15, 0.2) is 0 Å². The second-order valence-electron chi connectivity index (χ2n) is 3.00. The zero-order valence-corrected chi connectivity index (χ0v) is 6.69. The first-order chi connectivity index (χ1) is 4.36. The third-order valence-electron chi connectivity index (χ3n) is 2.40. The van der Waals surface area contributed by atoms with E-state index in [4.69, 9.17) is 0 Å². The van der Waals surface area contributed by atoms with E-state index in [-0.39, 0.29) is 12.4 Å². The quantitative estimate of drug-likeness (QED) is 0.522. The van der Waals surface area contributed by atoms with Crippen LogP contribution >= 0.6 is 12.4 Å². The molecule has 3 heteroatoms. The summed E-state index contributed by atoms with van der Waals surface area (Å²) in [7, 11) is 0. The number of hydrogen-bond acceptors (Lipinski definition) is 2. The summed E-state index contributed by atoms with van der Waals surface area (Å²) in [4.78, 5) is 13.4. The molecule has 2 saturated heterocycles. The van der Waals surface area contributed by atoms with E-state index in [0.717, 1.165) is 32.5 Å². The summed E-state index contributed by atoms with van der Waals surface area (Å²) in [5, 5.41) is 0. The molecule has 0 aromatic rings. The van der Waals surface area contributed by atoms with Crippen molar-refractivity contribution in [2.24, 2.45) is 5.92 Å². The maximum Gasteiger partial charge on any atom is 0.138 e. The molecule has 2 aliphatic rings. The number of nitrogens with zero attached hydrogens (tertiary/aromatic N) is 1. The molecule has 2 bridgehead atoms. The molecular weight excluding hydrogens is 150 g/mol. The van der Waals surface area contributed by atoms with Gasteiger partial charge in [-0.1, -0.05) is 0 Å². The number of carbonyl (C=O) groups excluding carboxylic acids is 1. The summed E-state index contributed by atoms with van der Waals surface area (Å²) in [5.41, 5.74) is 0. The predicted octanol–water partition coefficient (Wildman–Crippen LogP) is 0.703. The van der Waals surface area contributed by atoms with Crippen molar-refractivity contribution in [3.63, 3.8) is 0 Å². The zero-order chi connectivity index (χ0) is 6.27. The largest absolute Gasteiger partial charge is 0.302 e. The van der Waals surface area contributed by atoms with E-state index in [1.807, 2.05) is 0 Å². The molecule has 2 fully saturated rings. The molecule has 2 aliphatic heterocycles. The lowest BCUT2D eigenvalue weighted by atomic mass is 9.99. The van der Waals surface area contributed by atoms with Crippen LogP contribution < -0.4 is 0 Å². The maximum absolute atomic E-state index is 11.0. The van der Waals surface area contributed by atoms with Crippen molar-refractivity contribution in [3.8, 4) is 0 Å². The second-order valence-corrected chi connectivity index (χ2v) is 3.00. The van der Waals surface area contributed by atoms with Gasteiger partial charge in [-0.05, 0) is 13.0 Å². The molecule has 0 radical (unpaired) electrons. The van der Waals surface area contributed by atoms with Gasteiger partial charge in [0.25, 0.3) is 0 Å². The van der Waals surface area contributed by atoms with E-state index in [1.54, 1.807) is 0 Å². The lowest BCUT2D eigenvalue weighted by Gasteiger charge is -2.19. The van der Waals surface area contributed by atoms with Crippen LogP contribution in [0.1, 0.15) is 12.8 Å². The van der Waals surface area contributed by atoms with Crippen LogP contribution in [-0.2, 0) is 4.79 Å². The highest BCUT2D eigenvalue weighted by Crippen LogP contribution is 2.23. The molecule has 2 unspecified atom stereocenters. The smallest absolute Gasteiger partial charge is 0.138 e. The molecule has 2 heterocycles. The van der Waals surface area contributed by atoms with E-state index in [1.165, 1.54) is 0 Å². The van der Waals surface area contributed by atoms with Gasteiger partial charge in [-0.25, -0.2) is 0 Å². The number of carbonyl (C=O) groups is 1. The third-order valence-corrected chi connectivity index (χ3v) is 2.40. The van der Waals surface area contributed by atoms with Gasteiger partial charge in [0.2, 0.25) is 0 Å². The van der Waals surface area contributed by atoms with Crippen LogP contribution in [0.3, 0.4) is 0 Å². The molecule has 2 nitrogen and oxygen atoms in total. The van der Waals surface area contributed by atoms with Crippen molar-refractivity contribution < 1.29 is 4.79 Å². The Bertz CT molecular complexity index is 149. The van der Waals surface area contributed by atoms with Crippen LogP contribution in [-0.4, -0.2) is 30.3 Å². The summed E-state index contributed by atoms with van der Waals surface area (Å²) in [6.45, 7) is 3.24. The normalized spacial score (nSPS) is 37.4. The molecule has 2 atom stereocenters. The number of fused-ring (bicyclic) bond motifs is 2. The molecule has 0 aromatic heterocycles. The molecule has 0 saturated carbocycles. The minimum absolute atomic E-state index is 0. The fourth-order valence-electron chi connectivity index (χ4n) is 1.77. The van der Waals surface area contributed by atoms with Gasteiger partial charge < -0.3 is 4.90 Å². The van der Waals surface area contributed by atoms with Crippen LogP contribution in [0.4, 0.5) is 0 Å². The minimum atomic E-state index is 0. The van der Waals surface area contributed by atoms with Crippen LogP contribution in [0.5, 0.6) is 0 Å². The number of Topliss-reactive ketones (excluding diaryl/α,β-unsaturated/α-hetero) is 1. The Labute approximate surface area is 67.0 Å². The molecule has 0 aliphatic carbocycles. The summed E-state index contributed by atoms with van der Waals surface area (Å²) in [6, 6.07) is 0. The molecule has 0 amide bonds. The average Bonchev–Trinajstić information content (AvgIpc) is 2.25. The highest BCUT2D eigenvalue weighted by atomic mass is 35.5. The molecule has 0 N–H and O–H groups in total. The fraction of sp³-hybridized carbons (Fsp3) is 0.857. The van der Waals surface area contributed by atoms with Gasteiger partial charge in [0.05, 0.1) is 0 Å². The maximum atomic E-state index is 11.0. The van der Waals surface area contributed by atoms with Crippen LogP contribution in [0.25, 0.3) is 0 Å². The van der Waals surface area contributed by atoms with Gasteiger partial charge in [-0.15, -0.1) is 12.4 Å². The van der Waals surface area contributed by atoms with E-state index in [2.05, 4.69) is 4.90 Å². The standard InChI is InChI=1S/C7H11NO.ClH/c9-7-2-4-8-3-1-6(7)5-8;/h6H,1-5H2;1H. The summed E-state index contributed by atoms with van der Waals surface area (Å²) in [6.07, 6.45) is 1.93. The molecule has 10 heavy (non-hydrogen) atoms. The number of ketones is 1. The van der Waals surface area contributed by atoms with Crippen LogP contribution in [0, 0.1) is 5.92 Å². The monoisotopic (exact) mass is 161 g/mol. The summed E-state index contributed by atoms with van der Waals surface area (Å²) in [5.74, 6) is 0.919. The Morgan fingerprint density at radius 3 is 2.90 bits per heavy atom. The van der Waals surface area contributed by atoms with Gasteiger partial charge in [-0.2, -0.15) is 0 Å². The highest BCUT2D eigenvalue weighted by molar-refractivity contribution is 5.85. The molecule has 2 rings (SSSR count). The van der Waals surface area contributed by atoms with Gasteiger partial charge in [0, 0.05) is 25.4 Å². The van der Waals surface area contributed by atoms with Crippen LogP contribution in [0.2, 0.25) is 0 Å². The van der Waals surface area contributed by atoms with E-state index >= 15 is 0 Å². The van der Waals surface area contributed by atoms with Crippen molar-refractivity contribution in [2.75, 3.05) is 19.6 Å². The van der Waals surface area contributed by atoms with E-state index in [0.29, 0.717) is 11.7 Å². The average molecular weight is 162 g/mol. The first-order valence-electron chi connectivity index (χ1n) is 3.61. The Hall–Kier alpha value is -0.0800. The Morgan fingerprint density at radius 2 is 2.20 bits per heavy atom. The minimum Gasteiger partial charge on any atom is -0.302 e. The van der Waals surface area contributed by atoms with Crippen molar-refractivity contribution >= 4 is 18.2 Å². The predicted molar refractivity (Wildman–Crippen MR) is 41.4 cm³/mol. The zero-order valence-electron chi connectivity index (χ0n) is 5.88. The second kappa shape index (κ2) is 2.89. The van der Waals surface area contributed by atoms with Crippen molar-refractivity contribution in [3.05, 3.63) is 0 Å². The topological polar surface area (TPSA) is 20.3 Å². The molecule has 0 spiro atoms. The van der Waals surface area contributed by atoms with Gasteiger partial charge >= 0.3 is 0 Å². The molecule has 0 aromatic carbocycles. The number of hydrogen-bond donors (Lipinski definition) is 0. The number of rotatable bonds is 0. The lowest BCUT2D eigenvalue weighted by molar-refractivity contribution is -0.124. The fourth-order valence-corrected chi connectivity index (χ4v) is 1.77. The Balaban J connectivity index is 0.000000500. The Morgan fingerprint density at radius 1 is 1.40 bits per heavy atom. The van der Waals surface area contributed by atoms with Crippen molar-refractivity contribution in [1.29, 1.82) is 0 Å². The summed E-state index contributed by atoms with van der Waals surface area (Å²) >= 11 is 0.